The molecule has 46 heavy (non-hydrogen) atoms. The SMILES string of the molecule is c1ccc(-c2ccccc2N(c2ccc3ccccc3c2)c2cccc3oc4c5ccccc5c(-c5ccccc5)cc4c23)cc1. The van der Waals surface area contributed by atoms with Gasteiger partial charge in [0.1, 0.15) is 11.2 Å². The average Bonchev–Trinajstić information content (AvgIpc) is 3.52. The second kappa shape index (κ2) is 10.8. The molecule has 0 saturated carbocycles. The number of rotatable bonds is 5. The molecule has 9 aromatic rings. The summed E-state index contributed by atoms with van der Waals surface area (Å²) in [6.45, 7) is 0. The van der Waals surface area contributed by atoms with Gasteiger partial charge < -0.3 is 9.32 Å². The predicted octanol–water partition coefficient (Wildman–Crippen LogP) is 12.7. The van der Waals surface area contributed by atoms with Crippen LogP contribution < -0.4 is 4.90 Å². The first kappa shape index (κ1) is 26.3. The van der Waals surface area contributed by atoms with Gasteiger partial charge in [-0.05, 0) is 69.2 Å². The zero-order valence-electron chi connectivity index (χ0n) is 25.1. The number of para-hydroxylation sites is 1. The largest absolute Gasteiger partial charge is 0.455 e. The first-order chi connectivity index (χ1) is 22.8. The van der Waals surface area contributed by atoms with Crippen molar-refractivity contribution in [1.29, 1.82) is 0 Å². The van der Waals surface area contributed by atoms with E-state index in [2.05, 4.69) is 181 Å². The summed E-state index contributed by atoms with van der Waals surface area (Å²) >= 11 is 0. The molecule has 0 aliphatic rings. The van der Waals surface area contributed by atoms with Crippen molar-refractivity contribution in [2.45, 2.75) is 0 Å². The van der Waals surface area contributed by atoms with Crippen LogP contribution >= 0.6 is 0 Å². The van der Waals surface area contributed by atoms with Crippen LogP contribution in [0.1, 0.15) is 0 Å². The van der Waals surface area contributed by atoms with Gasteiger partial charge in [0.2, 0.25) is 0 Å². The van der Waals surface area contributed by atoms with Gasteiger partial charge in [0.25, 0.3) is 0 Å². The maximum absolute atomic E-state index is 6.78. The molecule has 2 nitrogen and oxygen atoms in total. The lowest BCUT2D eigenvalue weighted by molar-refractivity contribution is 0.672. The van der Waals surface area contributed by atoms with E-state index in [0.29, 0.717) is 0 Å². The fourth-order valence-corrected chi connectivity index (χ4v) is 6.93. The van der Waals surface area contributed by atoms with Gasteiger partial charge in [-0.1, -0.05) is 140 Å². The molecule has 216 valence electrons. The van der Waals surface area contributed by atoms with Crippen molar-refractivity contribution >= 4 is 60.5 Å². The molecule has 0 unspecified atom stereocenters. The molecule has 0 N–H and O–H groups in total. The van der Waals surface area contributed by atoms with Crippen molar-refractivity contribution in [2.75, 3.05) is 4.90 Å². The lowest BCUT2D eigenvalue weighted by atomic mass is 9.95. The number of benzene rings is 8. The van der Waals surface area contributed by atoms with E-state index in [4.69, 9.17) is 4.42 Å². The Morgan fingerprint density at radius 3 is 1.83 bits per heavy atom. The molecule has 0 atom stereocenters. The van der Waals surface area contributed by atoms with Crippen LogP contribution in [-0.2, 0) is 0 Å². The summed E-state index contributed by atoms with van der Waals surface area (Å²) in [7, 11) is 0. The molecular weight excluding hydrogens is 558 g/mol. The second-order valence-electron chi connectivity index (χ2n) is 11.7. The Morgan fingerprint density at radius 2 is 1.02 bits per heavy atom. The Balaban J connectivity index is 1.39. The number of furan rings is 1. The summed E-state index contributed by atoms with van der Waals surface area (Å²) in [5.41, 5.74) is 9.77. The molecule has 0 spiro atoms. The molecule has 1 heterocycles. The standard InChI is InChI=1S/C44H29NO/c1-3-15-31(16-4-1)35-20-11-12-23-40(35)45(34-27-26-30-14-7-8-19-33(30)28-34)41-24-13-25-42-43(41)39-29-38(32-17-5-2-6-18-32)36-21-9-10-22-37(36)44(39)46-42/h1-29H. The lowest BCUT2D eigenvalue weighted by Gasteiger charge is -2.29. The third-order valence-electron chi connectivity index (χ3n) is 9.03. The molecule has 8 aromatic carbocycles. The summed E-state index contributed by atoms with van der Waals surface area (Å²) < 4.78 is 6.78. The van der Waals surface area contributed by atoms with Gasteiger partial charge in [-0.3, -0.25) is 0 Å². The molecule has 0 aliphatic carbocycles. The highest BCUT2D eigenvalue weighted by Gasteiger charge is 2.23. The van der Waals surface area contributed by atoms with Crippen molar-refractivity contribution < 1.29 is 4.42 Å². The van der Waals surface area contributed by atoms with Crippen molar-refractivity contribution in [3.8, 4) is 22.3 Å². The molecule has 0 fully saturated rings. The van der Waals surface area contributed by atoms with Crippen molar-refractivity contribution in [1.82, 2.24) is 0 Å². The highest BCUT2D eigenvalue weighted by atomic mass is 16.3. The van der Waals surface area contributed by atoms with Crippen LogP contribution in [0.25, 0.3) is 65.7 Å². The van der Waals surface area contributed by atoms with Crippen LogP contribution in [0.2, 0.25) is 0 Å². The third-order valence-corrected chi connectivity index (χ3v) is 9.03. The third kappa shape index (κ3) is 4.27. The Morgan fingerprint density at radius 1 is 0.391 bits per heavy atom. The Kier molecular flexibility index (Phi) is 6.17. The van der Waals surface area contributed by atoms with E-state index in [1.165, 1.54) is 32.8 Å². The number of nitrogens with zero attached hydrogens (tertiary/aromatic N) is 1. The van der Waals surface area contributed by atoms with Crippen molar-refractivity contribution in [3.05, 3.63) is 176 Å². The minimum atomic E-state index is 0.867. The van der Waals surface area contributed by atoms with E-state index in [9.17, 15) is 0 Å². The Bertz CT molecular complexity index is 2530. The van der Waals surface area contributed by atoms with Gasteiger partial charge >= 0.3 is 0 Å². The van der Waals surface area contributed by atoms with E-state index in [-0.39, 0.29) is 0 Å². The molecule has 0 aliphatic heterocycles. The molecule has 0 radical (unpaired) electrons. The molecule has 0 bridgehead atoms. The molecule has 0 saturated heterocycles. The summed E-state index contributed by atoms with van der Waals surface area (Å²) in [4.78, 5) is 2.41. The summed E-state index contributed by atoms with van der Waals surface area (Å²) in [6.07, 6.45) is 0. The monoisotopic (exact) mass is 587 g/mol. The zero-order valence-corrected chi connectivity index (χ0v) is 25.1. The first-order valence-electron chi connectivity index (χ1n) is 15.7. The minimum absolute atomic E-state index is 0.867. The quantitative estimate of drug-likeness (QED) is 0.199. The maximum Gasteiger partial charge on any atom is 0.143 e. The topological polar surface area (TPSA) is 16.4 Å². The molecule has 2 heteroatoms. The van der Waals surface area contributed by atoms with Crippen LogP contribution in [0.15, 0.2) is 180 Å². The fraction of sp³-hybridized carbons (Fsp3) is 0. The normalized spacial score (nSPS) is 11.5. The highest BCUT2D eigenvalue weighted by Crippen LogP contribution is 2.48. The van der Waals surface area contributed by atoms with Gasteiger partial charge in [-0.2, -0.15) is 0 Å². The predicted molar refractivity (Wildman–Crippen MR) is 194 cm³/mol. The van der Waals surface area contributed by atoms with E-state index >= 15 is 0 Å². The lowest BCUT2D eigenvalue weighted by Crippen LogP contribution is -2.11. The first-order valence-corrected chi connectivity index (χ1v) is 15.7. The van der Waals surface area contributed by atoms with Crippen LogP contribution in [0, 0.1) is 0 Å². The van der Waals surface area contributed by atoms with Gasteiger partial charge in [0.05, 0.1) is 16.8 Å². The average molecular weight is 588 g/mol. The maximum atomic E-state index is 6.78. The Labute approximate surface area is 267 Å². The molecule has 9 rings (SSSR count). The summed E-state index contributed by atoms with van der Waals surface area (Å²) in [5.74, 6) is 0. The zero-order chi connectivity index (χ0) is 30.5. The number of fused-ring (bicyclic) bond motifs is 6. The van der Waals surface area contributed by atoms with E-state index in [1.807, 2.05) is 0 Å². The fourth-order valence-electron chi connectivity index (χ4n) is 6.93. The van der Waals surface area contributed by atoms with Crippen LogP contribution in [0.3, 0.4) is 0 Å². The van der Waals surface area contributed by atoms with E-state index in [1.54, 1.807) is 0 Å². The minimum Gasteiger partial charge on any atom is -0.455 e. The Hall–Kier alpha value is -6.12. The van der Waals surface area contributed by atoms with Crippen molar-refractivity contribution in [3.63, 3.8) is 0 Å². The highest BCUT2D eigenvalue weighted by molar-refractivity contribution is 6.22. The van der Waals surface area contributed by atoms with Gasteiger partial charge in [-0.25, -0.2) is 0 Å². The summed E-state index contributed by atoms with van der Waals surface area (Å²) in [5, 5.41) is 6.91. The number of anilines is 3. The number of hydrogen-bond acceptors (Lipinski definition) is 2. The van der Waals surface area contributed by atoms with Crippen LogP contribution in [0.4, 0.5) is 17.1 Å². The smallest absolute Gasteiger partial charge is 0.143 e. The van der Waals surface area contributed by atoms with Crippen molar-refractivity contribution in [2.24, 2.45) is 0 Å². The van der Waals surface area contributed by atoms with Gasteiger partial charge in [0.15, 0.2) is 0 Å². The second-order valence-corrected chi connectivity index (χ2v) is 11.7. The van der Waals surface area contributed by atoms with Crippen LogP contribution in [-0.4, -0.2) is 0 Å². The van der Waals surface area contributed by atoms with Crippen LogP contribution in [0.5, 0.6) is 0 Å². The van der Waals surface area contributed by atoms with E-state index in [0.717, 1.165) is 50.0 Å². The van der Waals surface area contributed by atoms with E-state index < -0.39 is 0 Å². The number of hydrogen-bond donors (Lipinski definition) is 0. The molecule has 1 aromatic heterocycles. The molecular formula is C44H29NO. The van der Waals surface area contributed by atoms with Gasteiger partial charge in [-0.15, -0.1) is 0 Å². The summed E-state index contributed by atoms with van der Waals surface area (Å²) in [6, 6.07) is 62.6. The van der Waals surface area contributed by atoms with Gasteiger partial charge in [0, 0.05) is 22.0 Å². The molecule has 0 amide bonds.